The van der Waals surface area contributed by atoms with Gasteiger partial charge in [0.05, 0.1) is 6.61 Å². The molecule has 0 radical (unpaired) electrons. The van der Waals surface area contributed by atoms with Gasteiger partial charge >= 0.3 is 0 Å². The third-order valence-corrected chi connectivity index (χ3v) is 5.42. The van der Waals surface area contributed by atoms with E-state index in [-0.39, 0.29) is 23.7 Å². The molecule has 138 valence electrons. The summed E-state index contributed by atoms with van der Waals surface area (Å²) in [7, 11) is 0. The monoisotopic (exact) mass is 349 g/mol. The number of likely N-dealkylation sites (tertiary alicyclic amines) is 1. The van der Waals surface area contributed by atoms with Crippen LogP contribution in [0, 0.1) is 17.7 Å². The molecule has 0 spiro atoms. The molecule has 6 heteroatoms. The molecule has 2 aliphatic rings. The number of nitrogens with zero attached hydrogens (tertiary/aromatic N) is 1. The average molecular weight is 349 g/mol. The Hall–Kier alpha value is -1.66. The number of hydrogen-bond acceptors (Lipinski definition) is 4. The van der Waals surface area contributed by atoms with Crippen molar-refractivity contribution in [2.24, 2.45) is 11.8 Å². The van der Waals surface area contributed by atoms with Gasteiger partial charge < -0.3 is 9.64 Å². The fraction of sp³-hybridized carbons (Fsp3) is 0.632. The van der Waals surface area contributed by atoms with E-state index in [9.17, 15) is 9.18 Å². The Morgan fingerprint density at radius 1 is 1.32 bits per heavy atom. The third kappa shape index (κ3) is 4.30. The molecule has 2 N–H and O–H groups in total. The van der Waals surface area contributed by atoms with Gasteiger partial charge in [0.1, 0.15) is 17.6 Å². The molecule has 1 aromatic rings. The van der Waals surface area contributed by atoms with E-state index in [1.807, 2.05) is 4.90 Å². The average Bonchev–Trinajstić information content (AvgIpc) is 3.01. The lowest BCUT2D eigenvalue weighted by molar-refractivity contribution is -0.136. The molecule has 5 nitrogen and oxygen atoms in total. The number of rotatable bonds is 5. The van der Waals surface area contributed by atoms with Crippen molar-refractivity contribution < 1.29 is 13.9 Å². The Morgan fingerprint density at radius 3 is 2.76 bits per heavy atom. The molecule has 0 aromatic heterocycles. The Labute approximate surface area is 148 Å². The van der Waals surface area contributed by atoms with Gasteiger partial charge in [0.15, 0.2) is 0 Å². The van der Waals surface area contributed by atoms with Gasteiger partial charge in [-0.15, -0.1) is 0 Å². The van der Waals surface area contributed by atoms with Crippen LogP contribution in [0.15, 0.2) is 24.3 Å². The summed E-state index contributed by atoms with van der Waals surface area (Å²) in [6.07, 6.45) is 3.05. The lowest BCUT2D eigenvalue weighted by atomic mass is 9.92. The summed E-state index contributed by atoms with van der Waals surface area (Å²) >= 11 is 0. The normalized spacial score (nSPS) is 29.6. The van der Waals surface area contributed by atoms with E-state index >= 15 is 0 Å². The highest BCUT2D eigenvalue weighted by Gasteiger charge is 2.39. The van der Waals surface area contributed by atoms with E-state index in [1.165, 1.54) is 12.1 Å². The van der Waals surface area contributed by atoms with Crippen LogP contribution >= 0.6 is 0 Å². The van der Waals surface area contributed by atoms with Crippen molar-refractivity contribution in [3.8, 4) is 5.75 Å². The van der Waals surface area contributed by atoms with Crippen molar-refractivity contribution in [2.75, 3.05) is 19.7 Å². The van der Waals surface area contributed by atoms with Crippen LogP contribution < -0.4 is 15.6 Å². The lowest BCUT2D eigenvalue weighted by Gasteiger charge is -2.35. The number of hydrazine groups is 1. The summed E-state index contributed by atoms with van der Waals surface area (Å²) in [6, 6.07) is 6.27. The molecule has 2 aliphatic heterocycles. The summed E-state index contributed by atoms with van der Waals surface area (Å²) in [6.45, 7) is 6.35. The summed E-state index contributed by atoms with van der Waals surface area (Å²) in [5.41, 5.74) is 6.41. The quantitative estimate of drug-likeness (QED) is 0.857. The number of amides is 1. The first-order valence-electron chi connectivity index (χ1n) is 9.26. The molecule has 0 aliphatic carbocycles. The number of carbonyl (C=O) groups is 1. The molecule has 25 heavy (non-hydrogen) atoms. The number of halogens is 1. The molecule has 4 unspecified atom stereocenters. The molecule has 2 heterocycles. The van der Waals surface area contributed by atoms with Gasteiger partial charge in [0, 0.05) is 25.0 Å². The number of piperidine rings is 1. The van der Waals surface area contributed by atoms with Crippen LogP contribution in [0.4, 0.5) is 4.39 Å². The van der Waals surface area contributed by atoms with Crippen molar-refractivity contribution in [3.63, 3.8) is 0 Å². The molecular formula is C19H28FN3O2. The molecule has 4 atom stereocenters. The van der Waals surface area contributed by atoms with Gasteiger partial charge in [-0.25, -0.2) is 9.82 Å². The van der Waals surface area contributed by atoms with Gasteiger partial charge in [-0.2, -0.15) is 0 Å². The van der Waals surface area contributed by atoms with E-state index in [4.69, 9.17) is 4.74 Å². The van der Waals surface area contributed by atoms with E-state index in [0.717, 1.165) is 32.4 Å². The number of nitrogens with one attached hydrogen (secondary N) is 2. The molecule has 2 fully saturated rings. The highest BCUT2D eigenvalue weighted by atomic mass is 19.1. The Morgan fingerprint density at radius 2 is 2.08 bits per heavy atom. The van der Waals surface area contributed by atoms with Gasteiger partial charge in [-0.05, 0) is 49.4 Å². The first-order chi connectivity index (χ1) is 12.1. The van der Waals surface area contributed by atoms with Crippen LogP contribution in [0.2, 0.25) is 0 Å². The lowest BCUT2D eigenvalue weighted by Crippen LogP contribution is -2.51. The van der Waals surface area contributed by atoms with Crippen molar-refractivity contribution >= 4 is 5.91 Å². The fourth-order valence-electron chi connectivity index (χ4n) is 3.80. The molecule has 3 rings (SSSR count). The minimum atomic E-state index is -0.265. The smallest absolute Gasteiger partial charge is 0.241 e. The Kier molecular flexibility index (Phi) is 5.91. The van der Waals surface area contributed by atoms with E-state index < -0.39 is 0 Å². The summed E-state index contributed by atoms with van der Waals surface area (Å²) in [5, 5.41) is 0. The Balaban J connectivity index is 1.52. The van der Waals surface area contributed by atoms with Crippen LogP contribution in [0.5, 0.6) is 5.75 Å². The summed E-state index contributed by atoms with van der Waals surface area (Å²) < 4.78 is 18.7. The van der Waals surface area contributed by atoms with Crippen molar-refractivity contribution in [1.82, 2.24) is 15.8 Å². The summed E-state index contributed by atoms with van der Waals surface area (Å²) in [4.78, 5) is 14.8. The second kappa shape index (κ2) is 8.15. The molecule has 1 amide bonds. The van der Waals surface area contributed by atoms with Gasteiger partial charge in [-0.1, -0.05) is 13.8 Å². The minimum Gasteiger partial charge on any atom is -0.493 e. The largest absolute Gasteiger partial charge is 0.493 e. The second-order valence-electron chi connectivity index (χ2n) is 7.20. The minimum absolute atomic E-state index is 0.151. The first kappa shape index (κ1) is 18.1. The van der Waals surface area contributed by atoms with E-state index in [0.29, 0.717) is 24.3 Å². The molecular weight excluding hydrogens is 321 g/mol. The topological polar surface area (TPSA) is 53.6 Å². The predicted molar refractivity (Wildman–Crippen MR) is 94.5 cm³/mol. The second-order valence-corrected chi connectivity index (χ2v) is 7.20. The van der Waals surface area contributed by atoms with Crippen molar-refractivity contribution in [3.05, 3.63) is 30.1 Å². The maximum Gasteiger partial charge on any atom is 0.241 e. The Bertz CT molecular complexity index is 581. The van der Waals surface area contributed by atoms with Crippen molar-refractivity contribution in [1.29, 1.82) is 0 Å². The first-order valence-corrected chi connectivity index (χ1v) is 9.26. The predicted octanol–water partition coefficient (Wildman–Crippen LogP) is 2.33. The van der Waals surface area contributed by atoms with Gasteiger partial charge in [0.2, 0.25) is 5.91 Å². The molecule has 0 saturated carbocycles. The molecule has 2 saturated heterocycles. The van der Waals surface area contributed by atoms with Crippen LogP contribution in [0.3, 0.4) is 0 Å². The number of hydrogen-bond donors (Lipinski definition) is 2. The third-order valence-electron chi connectivity index (χ3n) is 5.42. The zero-order chi connectivity index (χ0) is 17.8. The number of carbonyl (C=O) groups excluding carboxylic acids is 1. The maximum absolute atomic E-state index is 12.9. The van der Waals surface area contributed by atoms with Gasteiger partial charge in [-0.3, -0.25) is 10.2 Å². The summed E-state index contributed by atoms with van der Waals surface area (Å²) in [5.74, 6) is 1.19. The standard InChI is InChI=1S/C19H28FN3O2/c1-3-17-13(2)18(22-21-17)19(24)23-10-4-5-14(11-23)12-25-16-8-6-15(20)7-9-16/h6-9,13-14,17-18,21-22H,3-5,10-12H2,1-2H3. The molecule has 1 aromatic carbocycles. The zero-order valence-electron chi connectivity index (χ0n) is 15.0. The number of benzene rings is 1. The van der Waals surface area contributed by atoms with E-state index in [1.54, 1.807) is 12.1 Å². The fourth-order valence-corrected chi connectivity index (χ4v) is 3.80. The van der Waals surface area contributed by atoms with Gasteiger partial charge in [0.25, 0.3) is 0 Å². The van der Waals surface area contributed by atoms with Crippen molar-refractivity contribution in [2.45, 2.75) is 45.2 Å². The highest BCUT2D eigenvalue weighted by molar-refractivity contribution is 5.82. The van der Waals surface area contributed by atoms with Crippen LogP contribution in [0.25, 0.3) is 0 Å². The molecule has 0 bridgehead atoms. The van der Waals surface area contributed by atoms with Crippen LogP contribution in [-0.4, -0.2) is 42.6 Å². The highest BCUT2D eigenvalue weighted by Crippen LogP contribution is 2.23. The van der Waals surface area contributed by atoms with Crippen LogP contribution in [-0.2, 0) is 4.79 Å². The zero-order valence-corrected chi connectivity index (χ0v) is 15.0. The van der Waals surface area contributed by atoms with E-state index in [2.05, 4.69) is 24.7 Å². The number of ether oxygens (including phenoxy) is 1. The maximum atomic E-state index is 12.9. The SMILES string of the molecule is CCC1NNC(C(=O)N2CCCC(COc3ccc(F)cc3)C2)C1C. The van der Waals surface area contributed by atoms with Crippen LogP contribution in [0.1, 0.15) is 33.1 Å².